The third kappa shape index (κ3) is 2.26. The Morgan fingerprint density at radius 3 is 1.81 bits per heavy atom. The number of hydrogen-bond donors (Lipinski definition) is 0. The van der Waals surface area contributed by atoms with Crippen molar-refractivity contribution in [1.82, 2.24) is 0 Å². The predicted octanol–water partition coefficient (Wildman–Crippen LogP) is 4.43. The van der Waals surface area contributed by atoms with E-state index in [0.717, 1.165) is 10.4 Å². The van der Waals surface area contributed by atoms with Crippen molar-refractivity contribution < 1.29 is 8.85 Å². The zero-order chi connectivity index (χ0) is 18.4. The Morgan fingerprint density at radius 2 is 1.15 bits per heavy atom. The van der Waals surface area contributed by atoms with Crippen molar-refractivity contribution in [2.24, 2.45) is 0 Å². The van der Waals surface area contributed by atoms with Crippen LogP contribution in [0.25, 0.3) is 32.3 Å². The first-order valence-electron chi connectivity index (χ1n) is 9.11. The standard InChI is InChI=1S/C24H20O2Si/c1-25-27(26-2,20-9-4-3-5-10-20)22-16-14-19-12-11-17-7-6-8-18-13-15-21(22)24(19)23(17)18/h3-16H,1-2H3. The van der Waals surface area contributed by atoms with E-state index in [4.69, 9.17) is 8.85 Å². The van der Waals surface area contributed by atoms with Gasteiger partial charge in [-0.3, -0.25) is 0 Å². The molecule has 132 valence electrons. The molecule has 0 aliphatic carbocycles. The second-order valence-electron chi connectivity index (χ2n) is 6.86. The van der Waals surface area contributed by atoms with Gasteiger partial charge in [-0.2, -0.15) is 0 Å². The molecule has 0 bridgehead atoms. The Kier molecular flexibility index (Phi) is 3.76. The van der Waals surface area contributed by atoms with Crippen molar-refractivity contribution in [2.75, 3.05) is 14.2 Å². The molecule has 0 saturated carbocycles. The summed E-state index contributed by atoms with van der Waals surface area (Å²) in [7, 11) is 0.741. The minimum Gasteiger partial charge on any atom is -0.391 e. The first-order chi connectivity index (χ1) is 13.3. The molecule has 2 nitrogen and oxygen atoms in total. The van der Waals surface area contributed by atoms with Gasteiger partial charge >= 0.3 is 8.56 Å². The van der Waals surface area contributed by atoms with Gasteiger partial charge in [0.15, 0.2) is 0 Å². The molecule has 0 spiro atoms. The topological polar surface area (TPSA) is 18.5 Å². The Labute approximate surface area is 159 Å². The Hall–Kier alpha value is -2.72. The number of benzene rings is 5. The highest BCUT2D eigenvalue weighted by atomic mass is 28.4. The predicted molar refractivity (Wildman–Crippen MR) is 116 cm³/mol. The third-order valence-corrected chi connectivity index (χ3v) is 9.00. The molecular formula is C24H20O2Si. The molecule has 5 aromatic carbocycles. The van der Waals surface area contributed by atoms with E-state index in [1.165, 1.54) is 32.3 Å². The van der Waals surface area contributed by atoms with Crippen molar-refractivity contribution in [3.63, 3.8) is 0 Å². The lowest BCUT2D eigenvalue weighted by molar-refractivity contribution is 0.273. The van der Waals surface area contributed by atoms with Crippen molar-refractivity contribution >= 4 is 51.3 Å². The lowest BCUT2D eigenvalue weighted by Gasteiger charge is -2.29. The smallest absolute Gasteiger partial charge is 0.391 e. The van der Waals surface area contributed by atoms with Crippen molar-refractivity contribution in [3.8, 4) is 0 Å². The monoisotopic (exact) mass is 368 g/mol. The lowest BCUT2D eigenvalue weighted by atomic mass is 9.94. The van der Waals surface area contributed by atoms with Gasteiger partial charge in [0.2, 0.25) is 0 Å². The highest BCUT2D eigenvalue weighted by Crippen LogP contribution is 2.34. The summed E-state index contributed by atoms with van der Waals surface area (Å²) >= 11 is 0. The average Bonchev–Trinajstić information content (AvgIpc) is 2.75. The quantitative estimate of drug-likeness (QED) is 0.345. The molecule has 5 aromatic rings. The summed E-state index contributed by atoms with van der Waals surface area (Å²) in [5.74, 6) is 0. The Morgan fingerprint density at radius 1 is 0.556 bits per heavy atom. The van der Waals surface area contributed by atoms with Crippen LogP contribution in [0.4, 0.5) is 0 Å². The second-order valence-corrected chi connectivity index (χ2v) is 10.0. The van der Waals surface area contributed by atoms with Gasteiger partial charge in [-0.1, -0.05) is 84.9 Å². The minimum absolute atomic E-state index is 1.12. The maximum Gasteiger partial charge on any atom is 0.407 e. The molecule has 0 amide bonds. The molecule has 3 heteroatoms. The highest BCUT2D eigenvalue weighted by molar-refractivity contribution is 6.94. The summed E-state index contributed by atoms with van der Waals surface area (Å²) in [6.45, 7) is 0. The Balaban J connectivity index is 1.93. The molecule has 0 heterocycles. The van der Waals surface area contributed by atoms with Crippen LogP contribution in [0.3, 0.4) is 0 Å². The van der Waals surface area contributed by atoms with Gasteiger partial charge in [-0.05, 0) is 37.5 Å². The van der Waals surface area contributed by atoms with E-state index < -0.39 is 8.56 Å². The van der Waals surface area contributed by atoms with E-state index in [1.807, 2.05) is 18.2 Å². The van der Waals surface area contributed by atoms with Crippen molar-refractivity contribution in [1.29, 1.82) is 0 Å². The van der Waals surface area contributed by atoms with E-state index in [-0.39, 0.29) is 0 Å². The third-order valence-electron chi connectivity index (χ3n) is 5.61. The van der Waals surface area contributed by atoms with Gasteiger partial charge in [0.25, 0.3) is 0 Å². The highest BCUT2D eigenvalue weighted by Gasteiger charge is 2.42. The molecular weight excluding hydrogens is 348 g/mol. The van der Waals surface area contributed by atoms with Gasteiger partial charge < -0.3 is 8.85 Å². The van der Waals surface area contributed by atoms with Crippen LogP contribution in [0.2, 0.25) is 0 Å². The molecule has 0 fully saturated rings. The average molecular weight is 369 g/mol. The van der Waals surface area contributed by atoms with Gasteiger partial charge in [0, 0.05) is 19.4 Å². The molecule has 0 aliphatic rings. The van der Waals surface area contributed by atoms with E-state index in [1.54, 1.807) is 14.2 Å². The number of hydrogen-bond acceptors (Lipinski definition) is 2. The lowest BCUT2D eigenvalue weighted by Crippen LogP contribution is -2.62. The molecule has 0 N–H and O–H groups in total. The molecule has 0 unspecified atom stereocenters. The second kappa shape index (κ2) is 6.17. The first kappa shape index (κ1) is 16.5. The molecule has 0 radical (unpaired) electrons. The summed E-state index contributed by atoms with van der Waals surface area (Å²) < 4.78 is 12.3. The van der Waals surface area contributed by atoms with Crippen molar-refractivity contribution in [3.05, 3.63) is 84.9 Å². The zero-order valence-corrected chi connectivity index (χ0v) is 16.4. The summed E-state index contributed by atoms with van der Waals surface area (Å²) in [5.41, 5.74) is 0. The number of rotatable bonds is 4. The fraction of sp³-hybridized carbons (Fsp3) is 0.0833. The van der Waals surface area contributed by atoms with Gasteiger partial charge in [0.1, 0.15) is 0 Å². The van der Waals surface area contributed by atoms with Crippen LogP contribution >= 0.6 is 0 Å². The maximum absolute atomic E-state index is 6.17. The zero-order valence-electron chi connectivity index (χ0n) is 15.4. The fourth-order valence-corrected chi connectivity index (χ4v) is 7.26. The summed E-state index contributed by atoms with van der Waals surface area (Å²) in [4.78, 5) is 0. The van der Waals surface area contributed by atoms with Crippen LogP contribution in [0, 0.1) is 0 Å². The van der Waals surface area contributed by atoms with Gasteiger partial charge in [0.05, 0.1) is 0 Å². The largest absolute Gasteiger partial charge is 0.407 e. The van der Waals surface area contributed by atoms with E-state index in [0.29, 0.717) is 0 Å². The van der Waals surface area contributed by atoms with E-state index >= 15 is 0 Å². The molecule has 5 rings (SSSR count). The van der Waals surface area contributed by atoms with Crippen LogP contribution < -0.4 is 10.4 Å². The van der Waals surface area contributed by atoms with Crippen LogP contribution in [0.1, 0.15) is 0 Å². The van der Waals surface area contributed by atoms with Crippen LogP contribution in [0.5, 0.6) is 0 Å². The molecule has 0 atom stereocenters. The van der Waals surface area contributed by atoms with E-state index in [9.17, 15) is 0 Å². The van der Waals surface area contributed by atoms with Crippen LogP contribution in [0.15, 0.2) is 84.9 Å². The first-order valence-corrected chi connectivity index (χ1v) is 10.9. The van der Waals surface area contributed by atoms with E-state index in [2.05, 4.69) is 66.7 Å². The normalized spacial score (nSPS) is 12.4. The summed E-state index contributed by atoms with van der Waals surface area (Å²) in [5, 5.41) is 9.89. The molecule has 0 aliphatic heterocycles. The van der Waals surface area contributed by atoms with Crippen LogP contribution in [-0.2, 0) is 8.85 Å². The van der Waals surface area contributed by atoms with Crippen LogP contribution in [-0.4, -0.2) is 22.8 Å². The van der Waals surface area contributed by atoms with Gasteiger partial charge in [-0.15, -0.1) is 0 Å². The summed E-state index contributed by atoms with van der Waals surface area (Å²) in [6.07, 6.45) is 0. The molecule has 0 saturated heterocycles. The van der Waals surface area contributed by atoms with Gasteiger partial charge in [-0.25, -0.2) is 0 Å². The molecule has 0 aromatic heterocycles. The Bertz CT molecular complexity index is 1230. The minimum atomic E-state index is -2.79. The van der Waals surface area contributed by atoms with Crippen molar-refractivity contribution in [2.45, 2.75) is 0 Å². The maximum atomic E-state index is 6.17. The fourth-order valence-electron chi connectivity index (χ4n) is 4.37. The summed E-state index contributed by atoms with van der Waals surface area (Å²) in [6, 6.07) is 30.1. The SMILES string of the molecule is CO[Si](OC)(c1ccccc1)c1ccc2ccc3cccc4ccc1c2c34. The molecule has 27 heavy (non-hydrogen) atoms.